The molecule has 1 aliphatic heterocycles. The van der Waals surface area contributed by atoms with Crippen LogP contribution in [0.2, 0.25) is 5.02 Å². The fraction of sp³-hybridized carbons (Fsp3) is 0.500. The Morgan fingerprint density at radius 1 is 1.59 bits per heavy atom. The molecule has 1 unspecified atom stereocenters. The van der Waals surface area contributed by atoms with Gasteiger partial charge in [0.15, 0.2) is 9.84 Å². The lowest BCUT2D eigenvalue weighted by Gasteiger charge is -2.11. The Kier molecular flexibility index (Phi) is 3.95. The van der Waals surface area contributed by atoms with Gasteiger partial charge in [0, 0.05) is 17.2 Å². The summed E-state index contributed by atoms with van der Waals surface area (Å²) in [4.78, 5) is 4.14. The van der Waals surface area contributed by atoms with Crippen LogP contribution in [0.1, 0.15) is 6.42 Å². The Balaban J connectivity index is 1.95. The Hall–Kier alpha value is -0.330. The summed E-state index contributed by atoms with van der Waals surface area (Å²) < 4.78 is 23.4. The van der Waals surface area contributed by atoms with E-state index in [-0.39, 0.29) is 11.7 Å². The molecule has 2 rings (SSSR count). The van der Waals surface area contributed by atoms with Crippen molar-refractivity contribution in [1.29, 1.82) is 0 Å². The minimum Gasteiger partial charge on any atom is -0.369 e. The van der Waals surface area contributed by atoms with E-state index in [9.17, 15) is 8.42 Å². The van der Waals surface area contributed by atoms with Gasteiger partial charge >= 0.3 is 0 Å². The number of nitrogens with zero attached hydrogens (tertiary/aromatic N) is 1. The molecule has 0 saturated carbocycles. The van der Waals surface area contributed by atoms with Crippen LogP contribution < -0.4 is 5.32 Å². The maximum atomic E-state index is 11.3. The lowest BCUT2D eigenvalue weighted by atomic mass is 10.1. The lowest BCUT2D eigenvalue weighted by Crippen LogP contribution is -2.16. The standard InChI is InChI=1S/C10H12BrClN2O2S/c11-8-3-9(12)10(14-5-8)13-4-7-1-2-17(15,16)6-7/h3,5,7H,1-2,4,6H2,(H,13,14). The number of hydrogen-bond acceptors (Lipinski definition) is 4. The van der Waals surface area contributed by atoms with Crippen LogP contribution in [0, 0.1) is 5.92 Å². The highest BCUT2D eigenvalue weighted by atomic mass is 79.9. The molecule has 2 heterocycles. The quantitative estimate of drug-likeness (QED) is 0.918. The van der Waals surface area contributed by atoms with E-state index in [0.717, 1.165) is 4.47 Å². The molecule has 17 heavy (non-hydrogen) atoms. The third-order valence-electron chi connectivity index (χ3n) is 2.69. The summed E-state index contributed by atoms with van der Waals surface area (Å²) in [6.45, 7) is 0.591. The molecule has 0 aromatic carbocycles. The number of hydrogen-bond donors (Lipinski definition) is 1. The van der Waals surface area contributed by atoms with Gasteiger partial charge in [-0.3, -0.25) is 0 Å². The van der Waals surface area contributed by atoms with Crippen LogP contribution in [0.3, 0.4) is 0 Å². The number of aromatic nitrogens is 1. The van der Waals surface area contributed by atoms with E-state index in [1.807, 2.05) is 0 Å². The average molecular weight is 340 g/mol. The molecule has 1 aliphatic rings. The lowest BCUT2D eigenvalue weighted by molar-refractivity contribution is 0.595. The molecule has 0 amide bonds. The second kappa shape index (κ2) is 5.12. The van der Waals surface area contributed by atoms with Crippen molar-refractivity contribution in [3.8, 4) is 0 Å². The zero-order valence-corrected chi connectivity index (χ0v) is 12.1. The SMILES string of the molecule is O=S1(=O)CCC(CNc2ncc(Br)cc2Cl)C1. The van der Waals surface area contributed by atoms with Crippen molar-refractivity contribution in [2.75, 3.05) is 23.4 Å². The van der Waals surface area contributed by atoms with Crippen molar-refractivity contribution >= 4 is 43.2 Å². The van der Waals surface area contributed by atoms with E-state index in [1.54, 1.807) is 12.3 Å². The predicted octanol–water partition coefficient (Wildman–Crippen LogP) is 2.34. The summed E-state index contributed by atoms with van der Waals surface area (Å²) in [5.41, 5.74) is 0. The smallest absolute Gasteiger partial charge is 0.150 e. The van der Waals surface area contributed by atoms with Gasteiger partial charge in [0.05, 0.1) is 16.5 Å². The van der Waals surface area contributed by atoms with Crippen LogP contribution in [0.25, 0.3) is 0 Å². The highest BCUT2D eigenvalue weighted by Gasteiger charge is 2.27. The van der Waals surface area contributed by atoms with Gasteiger partial charge in [-0.2, -0.15) is 0 Å². The third-order valence-corrected chi connectivity index (χ3v) is 5.25. The Labute approximate surface area is 114 Å². The number of nitrogens with one attached hydrogen (secondary N) is 1. The molecule has 4 nitrogen and oxygen atoms in total. The van der Waals surface area contributed by atoms with E-state index in [1.165, 1.54) is 0 Å². The van der Waals surface area contributed by atoms with Gasteiger partial charge in [0.2, 0.25) is 0 Å². The van der Waals surface area contributed by atoms with Crippen LogP contribution in [-0.2, 0) is 9.84 Å². The van der Waals surface area contributed by atoms with Gasteiger partial charge in [-0.15, -0.1) is 0 Å². The molecule has 0 spiro atoms. The van der Waals surface area contributed by atoms with E-state index >= 15 is 0 Å². The molecular weight excluding hydrogens is 328 g/mol. The van der Waals surface area contributed by atoms with Crippen molar-refractivity contribution < 1.29 is 8.42 Å². The molecule has 0 radical (unpaired) electrons. The van der Waals surface area contributed by atoms with Crippen LogP contribution in [0.5, 0.6) is 0 Å². The first-order valence-corrected chi connectivity index (χ1v) is 8.21. The first kappa shape index (κ1) is 13.1. The molecule has 1 aromatic heterocycles. The molecule has 7 heteroatoms. The molecule has 0 bridgehead atoms. The van der Waals surface area contributed by atoms with Gasteiger partial charge in [-0.25, -0.2) is 13.4 Å². The second-order valence-electron chi connectivity index (χ2n) is 4.13. The Morgan fingerprint density at radius 3 is 2.94 bits per heavy atom. The summed E-state index contributed by atoms with van der Waals surface area (Å²) in [6, 6.07) is 1.75. The highest BCUT2D eigenvalue weighted by Crippen LogP contribution is 2.24. The van der Waals surface area contributed by atoms with Gasteiger partial charge in [-0.1, -0.05) is 11.6 Å². The van der Waals surface area contributed by atoms with Crippen LogP contribution >= 0.6 is 27.5 Å². The Bertz CT molecular complexity index is 521. The largest absolute Gasteiger partial charge is 0.369 e. The van der Waals surface area contributed by atoms with Crippen LogP contribution in [0.15, 0.2) is 16.7 Å². The maximum absolute atomic E-state index is 11.3. The zero-order chi connectivity index (χ0) is 12.5. The van der Waals surface area contributed by atoms with Crippen LogP contribution in [0.4, 0.5) is 5.82 Å². The first-order chi connectivity index (χ1) is 7.96. The number of pyridine rings is 1. The van der Waals surface area contributed by atoms with Gasteiger partial charge in [0.1, 0.15) is 5.82 Å². The van der Waals surface area contributed by atoms with Crippen molar-refractivity contribution in [3.63, 3.8) is 0 Å². The normalized spacial score (nSPS) is 22.6. The average Bonchev–Trinajstić information content (AvgIpc) is 2.57. The first-order valence-electron chi connectivity index (χ1n) is 5.21. The highest BCUT2D eigenvalue weighted by molar-refractivity contribution is 9.10. The fourth-order valence-electron chi connectivity index (χ4n) is 1.82. The number of halogens is 2. The fourth-order valence-corrected chi connectivity index (χ4v) is 4.38. The molecule has 1 fully saturated rings. The van der Waals surface area contributed by atoms with E-state index in [4.69, 9.17) is 11.6 Å². The second-order valence-corrected chi connectivity index (χ2v) is 7.69. The van der Waals surface area contributed by atoms with E-state index in [0.29, 0.717) is 29.6 Å². The number of sulfone groups is 1. The Morgan fingerprint density at radius 2 is 2.35 bits per heavy atom. The summed E-state index contributed by atoms with van der Waals surface area (Å²) in [6.07, 6.45) is 2.36. The number of rotatable bonds is 3. The zero-order valence-electron chi connectivity index (χ0n) is 8.99. The summed E-state index contributed by atoms with van der Waals surface area (Å²) in [7, 11) is -2.82. The number of anilines is 1. The predicted molar refractivity (Wildman–Crippen MR) is 72.2 cm³/mol. The summed E-state index contributed by atoms with van der Waals surface area (Å²) in [5, 5.41) is 3.62. The van der Waals surface area contributed by atoms with Gasteiger partial charge in [-0.05, 0) is 34.3 Å². The minimum absolute atomic E-state index is 0.154. The molecule has 1 atom stereocenters. The molecule has 1 aromatic rings. The van der Waals surface area contributed by atoms with Gasteiger partial charge in [0.25, 0.3) is 0 Å². The molecule has 0 aliphatic carbocycles. The van der Waals surface area contributed by atoms with Crippen molar-refractivity contribution in [2.24, 2.45) is 5.92 Å². The van der Waals surface area contributed by atoms with Crippen molar-refractivity contribution in [1.82, 2.24) is 4.98 Å². The van der Waals surface area contributed by atoms with Crippen molar-refractivity contribution in [3.05, 3.63) is 21.8 Å². The topological polar surface area (TPSA) is 59.1 Å². The third kappa shape index (κ3) is 3.56. The molecular formula is C10H12BrClN2O2S. The maximum Gasteiger partial charge on any atom is 0.150 e. The monoisotopic (exact) mass is 338 g/mol. The van der Waals surface area contributed by atoms with Crippen molar-refractivity contribution in [2.45, 2.75) is 6.42 Å². The molecule has 1 N–H and O–H groups in total. The van der Waals surface area contributed by atoms with E-state index < -0.39 is 9.84 Å². The minimum atomic E-state index is -2.82. The van der Waals surface area contributed by atoms with Crippen LogP contribution in [-0.4, -0.2) is 31.5 Å². The molecule has 1 saturated heterocycles. The summed E-state index contributed by atoms with van der Waals surface area (Å²) >= 11 is 9.27. The summed E-state index contributed by atoms with van der Waals surface area (Å²) in [5.74, 6) is 1.30. The van der Waals surface area contributed by atoms with E-state index in [2.05, 4.69) is 26.2 Å². The molecule has 94 valence electrons. The van der Waals surface area contributed by atoms with Gasteiger partial charge < -0.3 is 5.32 Å².